The van der Waals surface area contributed by atoms with E-state index in [1.165, 1.54) is 0 Å². The highest BCUT2D eigenvalue weighted by Crippen LogP contribution is 2.18. The van der Waals surface area contributed by atoms with Crippen LogP contribution in [0.4, 0.5) is 0 Å². The van der Waals surface area contributed by atoms with Gasteiger partial charge in [0.15, 0.2) is 5.65 Å². The largest absolute Gasteiger partial charge is 0.273 e. The molecule has 0 spiro atoms. The molecule has 0 N–H and O–H groups in total. The maximum absolute atomic E-state index is 5.88. The van der Waals surface area contributed by atoms with E-state index in [2.05, 4.69) is 10.1 Å². The van der Waals surface area contributed by atoms with Gasteiger partial charge < -0.3 is 0 Å². The normalized spacial score (nSPS) is 10.7. The molecule has 0 bridgehead atoms. The fraction of sp³-hybridized carbons (Fsp3) is 0.143. The highest BCUT2D eigenvalue weighted by atomic mass is 35.5. The molecule has 2 heterocycles. The Kier molecular flexibility index (Phi) is 1.32. The number of aromatic nitrogens is 3. The molecule has 56 valence electrons. The quantitative estimate of drug-likeness (QED) is 0.597. The average Bonchev–Trinajstić information content (AvgIpc) is 2.31. The van der Waals surface area contributed by atoms with E-state index in [1.54, 1.807) is 16.9 Å². The summed E-state index contributed by atoms with van der Waals surface area (Å²) in [5.74, 6) is 0. The van der Waals surface area contributed by atoms with Crippen LogP contribution in [-0.2, 0) is 7.05 Å². The van der Waals surface area contributed by atoms with E-state index in [4.69, 9.17) is 11.6 Å². The second kappa shape index (κ2) is 2.20. The summed E-state index contributed by atoms with van der Waals surface area (Å²) < 4.78 is 1.70. The van der Waals surface area contributed by atoms with Gasteiger partial charge in [-0.25, -0.2) is 4.98 Å². The van der Waals surface area contributed by atoms with Gasteiger partial charge in [0, 0.05) is 19.4 Å². The van der Waals surface area contributed by atoms with Crippen LogP contribution in [-0.4, -0.2) is 14.8 Å². The summed E-state index contributed by atoms with van der Waals surface area (Å²) in [5, 5.41) is 5.69. The van der Waals surface area contributed by atoms with Crippen molar-refractivity contribution in [1.29, 1.82) is 0 Å². The first-order valence-electron chi connectivity index (χ1n) is 3.21. The lowest BCUT2D eigenvalue weighted by atomic mass is 10.4. The van der Waals surface area contributed by atoms with E-state index in [9.17, 15) is 0 Å². The minimum absolute atomic E-state index is 0.694. The van der Waals surface area contributed by atoms with Crippen LogP contribution in [0, 0.1) is 0 Å². The van der Waals surface area contributed by atoms with Crippen molar-refractivity contribution in [3.63, 3.8) is 0 Å². The number of hydrogen-bond donors (Lipinski definition) is 0. The van der Waals surface area contributed by atoms with Crippen molar-refractivity contribution in [3.05, 3.63) is 23.5 Å². The Morgan fingerprint density at radius 1 is 1.55 bits per heavy atom. The molecule has 0 aliphatic heterocycles. The van der Waals surface area contributed by atoms with Gasteiger partial charge in [0.05, 0.1) is 10.4 Å². The molecule has 0 aromatic carbocycles. The summed E-state index contributed by atoms with van der Waals surface area (Å²) >= 11 is 5.88. The molecule has 0 fully saturated rings. The van der Waals surface area contributed by atoms with Crippen LogP contribution in [0.2, 0.25) is 5.02 Å². The topological polar surface area (TPSA) is 30.7 Å². The third-order valence-corrected chi connectivity index (χ3v) is 1.81. The van der Waals surface area contributed by atoms with Crippen molar-refractivity contribution in [1.82, 2.24) is 14.8 Å². The lowest BCUT2D eigenvalue weighted by molar-refractivity contribution is 0.776. The maximum Gasteiger partial charge on any atom is 0.182 e. The van der Waals surface area contributed by atoms with Gasteiger partial charge in [-0.15, -0.1) is 0 Å². The molecule has 0 aliphatic carbocycles. The van der Waals surface area contributed by atoms with Crippen molar-refractivity contribution in [3.8, 4) is 0 Å². The summed E-state index contributed by atoms with van der Waals surface area (Å²) in [6, 6.07) is 1.76. The molecule has 0 aliphatic rings. The van der Waals surface area contributed by atoms with Gasteiger partial charge in [0.2, 0.25) is 0 Å². The summed E-state index contributed by atoms with van der Waals surface area (Å²) in [6.07, 6.45) is 3.50. The lowest BCUT2D eigenvalue weighted by Crippen LogP contribution is -1.85. The third kappa shape index (κ3) is 0.973. The summed E-state index contributed by atoms with van der Waals surface area (Å²) in [7, 11) is 1.85. The molecule has 11 heavy (non-hydrogen) atoms. The van der Waals surface area contributed by atoms with Crippen LogP contribution in [0.5, 0.6) is 0 Å². The Labute approximate surface area is 68.6 Å². The van der Waals surface area contributed by atoms with E-state index in [-0.39, 0.29) is 0 Å². The van der Waals surface area contributed by atoms with Crippen LogP contribution in [0.3, 0.4) is 0 Å². The standard InChI is InChI=1S/C7H6ClN3/c1-11-4-5-6(8)2-3-9-7(5)10-11/h2-4H,1H3. The average molecular weight is 168 g/mol. The number of halogens is 1. The second-order valence-electron chi connectivity index (χ2n) is 2.33. The highest BCUT2D eigenvalue weighted by molar-refractivity contribution is 6.35. The van der Waals surface area contributed by atoms with Crippen molar-refractivity contribution in [2.24, 2.45) is 7.05 Å². The molecule has 0 amide bonds. The third-order valence-electron chi connectivity index (χ3n) is 1.48. The molecule has 2 aromatic rings. The number of rotatable bonds is 0. The summed E-state index contributed by atoms with van der Waals surface area (Å²) in [4.78, 5) is 4.05. The van der Waals surface area contributed by atoms with E-state index >= 15 is 0 Å². The summed E-state index contributed by atoms with van der Waals surface area (Å²) in [6.45, 7) is 0. The van der Waals surface area contributed by atoms with Gasteiger partial charge in [-0.05, 0) is 6.07 Å². The van der Waals surface area contributed by atoms with Gasteiger partial charge in [-0.3, -0.25) is 4.68 Å². The zero-order valence-electron chi connectivity index (χ0n) is 5.95. The Bertz CT molecular complexity index is 393. The second-order valence-corrected chi connectivity index (χ2v) is 2.74. The molecule has 2 rings (SSSR count). The zero-order valence-corrected chi connectivity index (χ0v) is 6.71. The van der Waals surface area contributed by atoms with Crippen LogP contribution >= 0.6 is 11.6 Å². The molecule has 0 saturated heterocycles. The SMILES string of the molecule is Cn1cc2c(Cl)ccnc2n1. The van der Waals surface area contributed by atoms with Crippen molar-refractivity contribution < 1.29 is 0 Å². The predicted molar refractivity (Wildman–Crippen MR) is 43.5 cm³/mol. The van der Waals surface area contributed by atoms with E-state index in [0.29, 0.717) is 10.7 Å². The van der Waals surface area contributed by atoms with Gasteiger partial charge >= 0.3 is 0 Å². The first-order valence-corrected chi connectivity index (χ1v) is 3.59. The molecule has 0 saturated carbocycles. The monoisotopic (exact) mass is 167 g/mol. The number of nitrogens with zero attached hydrogens (tertiary/aromatic N) is 3. The van der Waals surface area contributed by atoms with E-state index in [1.807, 2.05) is 13.2 Å². The Morgan fingerprint density at radius 2 is 2.36 bits per heavy atom. The number of pyridine rings is 1. The molecular weight excluding hydrogens is 162 g/mol. The van der Waals surface area contributed by atoms with E-state index in [0.717, 1.165) is 5.39 Å². The predicted octanol–water partition coefficient (Wildman–Crippen LogP) is 1.62. The number of fused-ring (bicyclic) bond motifs is 1. The van der Waals surface area contributed by atoms with Gasteiger partial charge in [-0.2, -0.15) is 5.10 Å². The minimum Gasteiger partial charge on any atom is -0.273 e. The van der Waals surface area contributed by atoms with Crippen molar-refractivity contribution in [2.45, 2.75) is 0 Å². The highest BCUT2D eigenvalue weighted by Gasteiger charge is 2.01. The molecule has 2 aromatic heterocycles. The Balaban J connectivity index is 2.90. The van der Waals surface area contributed by atoms with Crippen molar-refractivity contribution in [2.75, 3.05) is 0 Å². The Hall–Kier alpha value is -1.09. The molecule has 0 radical (unpaired) electrons. The molecular formula is C7H6ClN3. The first kappa shape index (κ1) is 6.61. The molecule has 4 heteroatoms. The van der Waals surface area contributed by atoms with Gasteiger partial charge in [0.25, 0.3) is 0 Å². The van der Waals surface area contributed by atoms with Crippen LogP contribution in [0.1, 0.15) is 0 Å². The first-order chi connectivity index (χ1) is 5.27. The molecule has 3 nitrogen and oxygen atoms in total. The van der Waals surface area contributed by atoms with Crippen LogP contribution in [0.15, 0.2) is 18.5 Å². The molecule has 0 unspecified atom stereocenters. The van der Waals surface area contributed by atoms with E-state index < -0.39 is 0 Å². The fourth-order valence-corrected chi connectivity index (χ4v) is 1.19. The van der Waals surface area contributed by atoms with Gasteiger partial charge in [-0.1, -0.05) is 11.6 Å². The zero-order chi connectivity index (χ0) is 7.84. The number of aryl methyl sites for hydroxylation is 1. The van der Waals surface area contributed by atoms with Crippen molar-refractivity contribution >= 4 is 22.6 Å². The number of hydrogen-bond acceptors (Lipinski definition) is 2. The van der Waals surface area contributed by atoms with Crippen LogP contribution < -0.4 is 0 Å². The Morgan fingerprint density at radius 3 is 3.09 bits per heavy atom. The van der Waals surface area contributed by atoms with Gasteiger partial charge in [0.1, 0.15) is 0 Å². The lowest BCUT2D eigenvalue weighted by Gasteiger charge is -1.86. The fourth-order valence-electron chi connectivity index (χ4n) is 1.00. The van der Waals surface area contributed by atoms with Crippen LogP contribution in [0.25, 0.3) is 11.0 Å². The molecule has 0 atom stereocenters. The smallest absolute Gasteiger partial charge is 0.182 e. The summed E-state index contributed by atoms with van der Waals surface area (Å²) in [5.41, 5.74) is 0.694. The minimum atomic E-state index is 0.694. The maximum atomic E-state index is 5.88.